The number of carbonyl (C=O) groups excluding carboxylic acids is 1. The predicted octanol–water partition coefficient (Wildman–Crippen LogP) is 3.99. The number of amides is 2. The van der Waals surface area contributed by atoms with Crippen molar-refractivity contribution < 1.29 is 14.3 Å². The Balaban J connectivity index is 1.83. The van der Waals surface area contributed by atoms with Gasteiger partial charge in [0.05, 0.1) is 5.69 Å². The van der Waals surface area contributed by atoms with Crippen LogP contribution < -0.4 is 5.32 Å². The molecule has 0 saturated carbocycles. The molecule has 0 aromatic heterocycles. The highest BCUT2D eigenvalue weighted by molar-refractivity contribution is 6.30. The Kier molecular flexibility index (Phi) is 5.02. The van der Waals surface area contributed by atoms with Gasteiger partial charge in [0.1, 0.15) is 5.82 Å². The number of hydrogen-bond acceptors (Lipinski definition) is 2. The average Bonchev–Trinajstić information content (AvgIpc) is 3.06. The van der Waals surface area contributed by atoms with Crippen LogP contribution in [0, 0.1) is 11.7 Å². The lowest BCUT2D eigenvalue weighted by Gasteiger charge is -2.19. The summed E-state index contributed by atoms with van der Waals surface area (Å²) in [6.45, 7) is 1.21. The van der Waals surface area contributed by atoms with Gasteiger partial charge >= 0.3 is 6.03 Å². The number of urea groups is 1. The topological polar surface area (TPSA) is 52.6 Å². The van der Waals surface area contributed by atoms with Crippen LogP contribution in [0.25, 0.3) is 11.1 Å². The second-order valence-corrected chi connectivity index (χ2v) is 6.35. The van der Waals surface area contributed by atoms with Crippen LogP contribution in [0.3, 0.4) is 0 Å². The highest BCUT2D eigenvalue weighted by Gasteiger charge is 2.26. The number of rotatable bonds is 3. The van der Waals surface area contributed by atoms with Gasteiger partial charge in [-0.05, 0) is 42.3 Å². The van der Waals surface area contributed by atoms with E-state index >= 15 is 0 Å². The maximum Gasteiger partial charge on any atom is 0.321 e. The van der Waals surface area contributed by atoms with Crippen molar-refractivity contribution in [1.29, 1.82) is 0 Å². The van der Waals surface area contributed by atoms with Gasteiger partial charge in [0.25, 0.3) is 0 Å². The molecule has 1 aliphatic heterocycles. The zero-order valence-corrected chi connectivity index (χ0v) is 13.8. The summed E-state index contributed by atoms with van der Waals surface area (Å²) >= 11 is 5.90. The zero-order chi connectivity index (χ0) is 17.1. The first-order valence-corrected chi connectivity index (χ1v) is 8.17. The van der Waals surface area contributed by atoms with E-state index in [2.05, 4.69) is 5.32 Å². The van der Waals surface area contributed by atoms with Gasteiger partial charge in [0, 0.05) is 36.2 Å². The molecule has 3 rings (SSSR count). The fraction of sp³-hybridized carbons (Fsp3) is 0.278. The number of carbonyl (C=O) groups is 1. The number of aliphatic hydroxyl groups excluding tert-OH is 1. The van der Waals surface area contributed by atoms with Crippen LogP contribution >= 0.6 is 11.6 Å². The van der Waals surface area contributed by atoms with E-state index in [-0.39, 0.29) is 24.4 Å². The van der Waals surface area contributed by atoms with E-state index in [4.69, 9.17) is 11.6 Å². The molecule has 2 N–H and O–H groups in total. The highest BCUT2D eigenvalue weighted by Crippen LogP contribution is 2.30. The maximum absolute atomic E-state index is 13.7. The van der Waals surface area contributed by atoms with E-state index in [1.54, 1.807) is 35.2 Å². The molecule has 1 heterocycles. The normalized spacial score (nSPS) is 17.1. The number of benzene rings is 2. The molecule has 1 atom stereocenters. The second-order valence-electron chi connectivity index (χ2n) is 5.91. The third kappa shape index (κ3) is 3.68. The Labute approximate surface area is 144 Å². The van der Waals surface area contributed by atoms with Crippen molar-refractivity contribution in [3.8, 4) is 11.1 Å². The van der Waals surface area contributed by atoms with Crippen molar-refractivity contribution in [1.82, 2.24) is 4.90 Å². The third-order valence-corrected chi connectivity index (χ3v) is 4.46. The van der Waals surface area contributed by atoms with Crippen LogP contribution in [0.4, 0.5) is 14.9 Å². The largest absolute Gasteiger partial charge is 0.396 e. The molecule has 0 aliphatic carbocycles. The number of likely N-dealkylation sites (tertiary alicyclic amines) is 1. The van der Waals surface area contributed by atoms with E-state index in [0.717, 1.165) is 12.0 Å². The maximum atomic E-state index is 13.7. The minimum atomic E-state index is -0.375. The first kappa shape index (κ1) is 16.7. The molecule has 0 radical (unpaired) electrons. The second kappa shape index (κ2) is 7.20. The summed E-state index contributed by atoms with van der Waals surface area (Å²) in [5, 5.41) is 12.6. The van der Waals surface area contributed by atoms with Crippen molar-refractivity contribution in [3.63, 3.8) is 0 Å². The Morgan fingerprint density at radius 2 is 2.04 bits per heavy atom. The summed E-state index contributed by atoms with van der Waals surface area (Å²) in [4.78, 5) is 14.1. The van der Waals surface area contributed by atoms with Gasteiger partial charge in [-0.15, -0.1) is 0 Å². The molecule has 1 aliphatic rings. The number of aliphatic hydroxyl groups is 1. The third-order valence-electron chi connectivity index (χ3n) is 4.21. The summed E-state index contributed by atoms with van der Waals surface area (Å²) in [5.74, 6) is -0.251. The number of anilines is 1. The molecular weight excluding hydrogens is 331 g/mol. The molecular formula is C18H18ClFN2O2. The van der Waals surface area contributed by atoms with Gasteiger partial charge in [-0.2, -0.15) is 0 Å². The molecule has 24 heavy (non-hydrogen) atoms. The van der Waals surface area contributed by atoms with Crippen molar-refractivity contribution in [3.05, 3.63) is 53.3 Å². The first-order valence-electron chi connectivity index (χ1n) is 7.79. The molecule has 126 valence electrons. The molecule has 4 nitrogen and oxygen atoms in total. The molecule has 0 unspecified atom stereocenters. The molecule has 1 fully saturated rings. The standard InChI is InChI=1S/C18H18ClFN2O2/c19-14-3-1-13(2-4-14)16-9-15(20)5-6-17(16)21-18(24)22-8-7-12(10-22)11-23/h1-6,9,12,23H,7-8,10-11H2,(H,21,24)/t12-/m0/s1. The average molecular weight is 349 g/mol. The molecule has 1 saturated heterocycles. The van der Waals surface area contributed by atoms with Crippen molar-refractivity contribution >= 4 is 23.3 Å². The summed E-state index contributed by atoms with van der Waals surface area (Å²) in [7, 11) is 0. The fourth-order valence-corrected chi connectivity index (χ4v) is 2.98. The molecule has 2 aromatic rings. The Bertz CT molecular complexity index is 736. The van der Waals surface area contributed by atoms with E-state index in [1.165, 1.54) is 12.1 Å². The Morgan fingerprint density at radius 3 is 2.71 bits per heavy atom. The Hall–Kier alpha value is -2.11. The van der Waals surface area contributed by atoms with Crippen LogP contribution in [0.15, 0.2) is 42.5 Å². The SMILES string of the molecule is O=C(Nc1ccc(F)cc1-c1ccc(Cl)cc1)N1CC[C@H](CO)C1. The summed E-state index contributed by atoms with van der Waals surface area (Å²) < 4.78 is 13.7. The lowest BCUT2D eigenvalue weighted by Crippen LogP contribution is -2.33. The van der Waals surface area contributed by atoms with Gasteiger partial charge in [-0.1, -0.05) is 23.7 Å². The van der Waals surface area contributed by atoms with Crippen LogP contribution in [0.2, 0.25) is 5.02 Å². The monoisotopic (exact) mass is 348 g/mol. The van der Waals surface area contributed by atoms with Gasteiger partial charge in [-0.25, -0.2) is 9.18 Å². The number of halogens is 2. The minimum Gasteiger partial charge on any atom is -0.396 e. The van der Waals surface area contributed by atoms with Crippen LogP contribution in [0.1, 0.15) is 6.42 Å². The molecule has 6 heteroatoms. The minimum absolute atomic E-state index is 0.0797. The summed E-state index contributed by atoms with van der Waals surface area (Å²) in [6.07, 6.45) is 0.789. The van der Waals surface area contributed by atoms with Crippen molar-refractivity contribution in [2.24, 2.45) is 5.92 Å². The number of nitrogens with one attached hydrogen (secondary N) is 1. The lowest BCUT2D eigenvalue weighted by atomic mass is 10.0. The zero-order valence-electron chi connectivity index (χ0n) is 13.0. The Morgan fingerprint density at radius 1 is 1.29 bits per heavy atom. The molecule has 0 bridgehead atoms. The summed E-state index contributed by atoms with van der Waals surface area (Å²) in [6, 6.07) is 11.0. The first-order chi connectivity index (χ1) is 11.6. The summed E-state index contributed by atoms with van der Waals surface area (Å²) in [5.41, 5.74) is 1.90. The number of hydrogen-bond donors (Lipinski definition) is 2. The van der Waals surface area contributed by atoms with Crippen LogP contribution in [-0.4, -0.2) is 35.7 Å². The van der Waals surface area contributed by atoms with Gasteiger partial charge in [0.2, 0.25) is 0 Å². The molecule has 2 aromatic carbocycles. The van der Waals surface area contributed by atoms with Crippen molar-refractivity contribution in [2.75, 3.05) is 25.0 Å². The van der Waals surface area contributed by atoms with E-state index in [0.29, 0.717) is 29.4 Å². The number of nitrogens with zero attached hydrogens (tertiary/aromatic N) is 1. The predicted molar refractivity (Wildman–Crippen MR) is 92.6 cm³/mol. The van der Waals surface area contributed by atoms with Gasteiger partial charge in [-0.3, -0.25) is 0 Å². The van der Waals surface area contributed by atoms with Crippen molar-refractivity contribution in [2.45, 2.75) is 6.42 Å². The van der Waals surface area contributed by atoms with Crippen LogP contribution in [0.5, 0.6) is 0 Å². The van der Waals surface area contributed by atoms with E-state index < -0.39 is 0 Å². The molecule has 0 spiro atoms. The smallest absolute Gasteiger partial charge is 0.321 e. The lowest BCUT2D eigenvalue weighted by molar-refractivity contribution is 0.209. The fourth-order valence-electron chi connectivity index (χ4n) is 2.85. The van der Waals surface area contributed by atoms with E-state index in [9.17, 15) is 14.3 Å². The highest BCUT2D eigenvalue weighted by atomic mass is 35.5. The van der Waals surface area contributed by atoms with Crippen LogP contribution in [-0.2, 0) is 0 Å². The molecule has 2 amide bonds. The van der Waals surface area contributed by atoms with Gasteiger partial charge in [0.15, 0.2) is 0 Å². The quantitative estimate of drug-likeness (QED) is 0.881. The van der Waals surface area contributed by atoms with Gasteiger partial charge < -0.3 is 15.3 Å². The van der Waals surface area contributed by atoms with E-state index in [1.807, 2.05) is 0 Å².